The Bertz CT molecular complexity index is 650. The van der Waals surface area contributed by atoms with E-state index in [0.29, 0.717) is 11.3 Å². The normalized spacial score (nSPS) is 9.76. The minimum atomic E-state index is -0.441. The molecule has 2 aromatic rings. The minimum absolute atomic E-state index is 0.127. The molecule has 7 heteroatoms. The maximum Gasteiger partial charge on any atom is 0.337 e. The number of furan rings is 1. The summed E-state index contributed by atoms with van der Waals surface area (Å²) in [7, 11) is 1.31. The fourth-order valence-corrected chi connectivity index (χ4v) is 1.75. The second-order valence-electron chi connectivity index (χ2n) is 3.95. The third-order valence-electron chi connectivity index (χ3n) is 2.54. The number of nitrogens with one attached hydrogen (secondary N) is 2. The number of thiocarbonyl (C=S) groups is 1. The van der Waals surface area contributed by atoms with Crippen LogP contribution in [-0.4, -0.2) is 24.1 Å². The van der Waals surface area contributed by atoms with Crippen molar-refractivity contribution in [2.75, 3.05) is 12.4 Å². The summed E-state index contributed by atoms with van der Waals surface area (Å²) in [6, 6.07) is 9.62. The lowest BCUT2D eigenvalue weighted by molar-refractivity contribution is 0.0600. The summed E-state index contributed by atoms with van der Waals surface area (Å²) in [5.74, 6) is -0.695. The molecule has 2 N–H and O–H groups in total. The van der Waals surface area contributed by atoms with Gasteiger partial charge in [0.15, 0.2) is 10.9 Å². The molecule has 0 saturated heterocycles. The van der Waals surface area contributed by atoms with Gasteiger partial charge in [0, 0.05) is 5.69 Å². The van der Waals surface area contributed by atoms with Gasteiger partial charge in [-0.05, 0) is 48.6 Å². The molecule has 0 bridgehead atoms. The molecule has 1 heterocycles. The molecule has 0 unspecified atom stereocenters. The van der Waals surface area contributed by atoms with E-state index in [-0.39, 0.29) is 10.9 Å². The highest BCUT2D eigenvalue weighted by atomic mass is 32.1. The van der Waals surface area contributed by atoms with Crippen LogP contribution in [0.3, 0.4) is 0 Å². The number of rotatable bonds is 3. The Morgan fingerprint density at radius 1 is 1.19 bits per heavy atom. The van der Waals surface area contributed by atoms with Gasteiger partial charge in [-0.3, -0.25) is 10.1 Å². The number of hydrogen-bond donors (Lipinski definition) is 2. The molecule has 2 rings (SSSR count). The molecule has 0 atom stereocenters. The largest absolute Gasteiger partial charge is 0.465 e. The third kappa shape index (κ3) is 3.90. The molecule has 0 aliphatic carbocycles. The monoisotopic (exact) mass is 304 g/mol. The molecule has 1 aromatic carbocycles. The summed E-state index contributed by atoms with van der Waals surface area (Å²) < 4.78 is 9.55. The van der Waals surface area contributed by atoms with Crippen molar-refractivity contribution in [3.05, 3.63) is 54.0 Å². The fraction of sp³-hybridized carbons (Fsp3) is 0.0714. The molecular weight excluding hydrogens is 292 g/mol. The molecule has 0 saturated carbocycles. The smallest absolute Gasteiger partial charge is 0.337 e. The summed E-state index contributed by atoms with van der Waals surface area (Å²) in [6.07, 6.45) is 1.40. The van der Waals surface area contributed by atoms with E-state index in [1.54, 1.807) is 30.3 Å². The summed E-state index contributed by atoms with van der Waals surface area (Å²) in [6.45, 7) is 0. The molecule has 0 aliphatic rings. The standard InChI is InChI=1S/C14H12N2O4S/c1-19-13(18)9-4-6-10(7-5-9)15-14(21)16-12(17)11-3-2-8-20-11/h2-8H,1H3,(H2,15,16,17,21). The first kappa shape index (κ1) is 14.7. The Hall–Kier alpha value is -2.67. The third-order valence-corrected chi connectivity index (χ3v) is 2.74. The Labute approximate surface area is 126 Å². The first-order valence-corrected chi connectivity index (χ1v) is 6.35. The molecule has 0 radical (unpaired) electrons. The Kier molecular flexibility index (Phi) is 4.68. The summed E-state index contributed by atoms with van der Waals surface area (Å²) in [5, 5.41) is 5.43. The van der Waals surface area contributed by atoms with E-state index >= 15 is 0 Å². The molecule has 1 aromatic heterocycles. The quantitative estimate of drug-likeness (QED) is 0.668. The number of carbonyl (C=O) groups excluding carboxylic acids is 2. The zero-order valence-electron chi connectivity index (χ0n) is 11.1. The molecule has 0 aliphatic heterocycles. The van der Waals surface area contributed by atoms with E-state index in [1.165, 1.54) is 19.4 Å². The van der Waals surface area contributed by atoms with Crippen molar-refractivity contribution in [2.24, 2.45) is 0 Å². The average molecular weight is 304 g/mol. The van der Waals surface area contributed by atoms with E-state index in [9.17, 15) is 9.59 Å². The van der Waals surface area contributed by atoms with Crippen LogP contribution < -0.4 is 10.6 Å². The van der Waals surface area contributed by atoms with Gasteiger partial charge in [-0.1, -0.05) is 0 Å². The number of carbonyl (C=O) groups is 2. The van der Waals surface area contributed by atoms with Crippen LogP contribution in [-0.2, 0) is 4.74 Å². The maximum absolute atomic E-state index is 11.7. The van der Waals surface area contributed by atoms with Crippen LogP contribution in [0.2, 0.25) is 0 Å². The number of ether oxygens (including phenoxy) is 1. The first-order chi connectivity index (χ1) is 10.1. The number of methoxy groups -OCH3 is 1. The van der Waals surface area contributed by atoms with Gasteiger partial charge in [0.25, 0.3) is 5.91 Å². The molecule has 0 spiro atoms. The van der Waals surface area contributed by atoms with Gasteiger partial charge in [-0.25, -0.2) is 4.79 Å². The van der Waals surface area contributed by atoms with Crippen molar-refractivity contribution in [1.29, 1.82) is 0 Å². The van der Waals surface area contributed by atoms with Gasteiger partial charge >= 0.3 is 5.97 Å². The van der Waals surface area contributed by atoms with Gasteiger partial charge in [0.1, 0.15) is 0 Å². The summed E-state index contributed by atoms with van der Waals surface area (Å²) in [4.78, 5) is 23.0. The zero-order chi connectivity index (χ0) is 15.2. The molecule has 21 heavy (non-hydrogen) atoms. The Morgan fingerprint density at radius 3 is 2.48 bits per heavy atom. The molecule has 1 amide bonds. The maximum atomic E-state index is 11.7. The lowest BCUT2D eigenvalue weighted by Crippen LogP contribution is -2.33. The summed E-state index contributed by atoms with van der Waals surface area (Å²) >= 11 is 5.02. The van der Waals surface area contributed by atoms with Crippen LogP contribution >= 0.6 is 12.2 Å². The lowest BCUT2D eigenvalue weighted by atomic mass is 10.2. The van der Waals surface area contributed by atoms with Crippen LogP contribution in [0, 0.1) is 0 Å². The fourth-order valence-electron chi connectivity index (χ4n) is 1.54. The van der Waals surface area contributed by atoms with Crippen molar-refractivity contribution < 1.29 is 18.7 Å². The van der Waals surface area contributed by atoms with Gasteiger partial charge in [0.05, 0.1) is 18.9 Å². The highest BCUT2D eigenvalue weighted by molar-refractivity contribution is 7.80. The number of hydrogen-bond acceptors (Lipinski definition) is 5. The SMILES string of the molecule is COC(=O)c1ccc(NC(=S)NC(=O)c2ccco2)cc1. The van der Waals surface area contributed by atoms with Gasteiger partial charge in [0.2, 0.25) is 0 Å². The van der Waals surface area contributed by atoms with Crippen molar-refractivity contribution in [1.82, 2.24) is 5.32 Å². The van der Waals surface area contributed by atoms with Crippen molar-refractivity contribution >= 4 is 34.9 Å². The van der Waals surface area contributed by atoms with Crippen LogP contribution in [0.15, 0.2) is 47.1 Å². The van der Waals surface area contributed by atoms with Crippen LogP contribution in [0.5, 0.6) is 0 Å². The predicted molar refractivity (Wildman–Crippen MR) is 80.2 cm³/mol. The first-order valence-electron chi connectivity index (χ1n) is 5.94. The zero-order valence-corrected chi connectivity index (χ0v) is 11.9. The molecular formula is C14H12N2O4S. The number of anilines is 1. The lowest BCUT2D eigenvalue weighted by Gasteiger charge is -2.09. The van der Waals surface area contributed by atoms with Crippen molar-refractivity contribution in [3.63, 3.8) is 0 Å². The number of benzene rings is 1. The molecule has 0 fully saturated rings. The number of esters is 1. The molecule has 6 nitrogen and oxygen atoms in total. The van der Waals surface area contributed by atoms with Crippen molar-refractivity contribution in [3.8, 4) is 0 Å². The highest BCUT2D eigenvalue weighted by Crippen LogP contribution is 2.10. The van der Waals surface area contributed by atoms with E-state index in [0.717, 1.165) is 0 Å². The van der Waals surface area contributed by atoms with E-state index in [4.69, 9.17) is 16.6 Å². The minimum Gasteiger partial charge on any atom is -0.465 e. The number of amides is 1. The highest BCUT2D eigenvalue weighted by Gasteiger charge is 2.10. The van der Waals surface area contributed by atoms with Gasteiger partial charge in [-0.2, -0.15) is 0 Å². The summed E-state index contributed by atoms with van der Waals surface area (Å²) in [5.41, 5.74) is 1.06. The van der Waals surface area contributed by atoms with Gasteiger partial charge in [-0.15, -0.1) is 0 Å². The molecule has 108 valence electrons. The van der Waals surface area contributed by atoms with E-state index < -0.39 is 11.9 Å². The Morgan fingerprint density at radius 2 is 1.90 bits per heavy atom. The average Bonchev–Trinajstić information content (AvgIpc) is 3.01. The second-order valence-corrected chi connectivity index (χ2v) is 4.36. The topological polar surface area (TPSA) is 80.6 Å². The Balaban J connectivity index is 1.93. The second kappa shape index (κ2) is 6.67. The van der Waals surface area contributed by atoms with Crippen LogP contribution in [0.1, 0.15) is 20.9 Å². The van der Waals surface area contributed by atoms with E-state index in [2.05, 4.69) is 15.4 Å². The van der Waals surface area contributed by atoms with Crippen molar-refractivity contribution in [2.45, 2.75) is 0 Å². The predicted octanol–water partition coefficient (Wildman–Crippen LogP) is 2.19. The van der Waals surface area contributed by atoms with Gasteiger partial charge < -0.3 is 14.5 Å². The van der Waals surface area contributed by atoms with Crippen LogP contribution in [0.25, 0.3) is 0 Å². The van der Waals surface area contributed by atoms with Crippen LogP contribution in [0.4, 0.5) is 5.69 Å². The van der Waals surface area contributed by atoms with E-state index in [1.807, 2.05) is 0 Å².